The highest BCUT2D eigenvalue weighted by atomic mass is 32.1. The third kappa shape index (κ3) is 5.23. The number of ether oxygens (including phenoxy) is 3. The van der Waals surface area contributed by atoms with Crippen LogP contribution in [0.3, 0.4) is 0 Å². The van der Waals surface area contributed by atoms with Crippen molar-refractivity contribution in [1.29, 1.82) is 0 Å². The van der Waals surface area contributed by atoms with Crippen LogP contribution >= 0.6 is 12.2 Å². The molecule has 0 radical (unpaired) electrons. The van der Waals surface area contributed by atoms with Gasteiger partial charge in [-0.2, -0.15) is 14.9 Å². The number of nitrogens with one attached hydrogen (secondary N) is 1. The lowest BCUT2D eigenvalue weighted by atomic mass is 9.93. The fourth-order valence-electron chi connectivity index (χ4n) is 2.96. The summed E-state index contributed by atoms with van der Waals surface area (Å²) < 4.78 is 18.2. The minimum Gasteiger partial charge on any atom is -0.493 e. The van der Waals surface area contributed by atoms with Crippen LogP contribution in [-0.2, 0) is 12.0 Å². The topological polar surface area (TPSA) is 90.7 Å². The van der Waals surface area contributed by atoms with E-state index in [-0.39, 0.29) is 10.3 Å². The Labute approximate surface area is 191 Å². The molecule has 1 N–H and O–H groups in total. The molecule has 9 heteroatoms. The molecule has 0 aliphatic heterocycles. The summed E-state index contributed by atoms with van der Waals surface area (Å²) in [6.45, 7) is 6.04. The van der Waals surface area contributed by atoms with Crippen molar-refractivity contribution >= 4 is 18.4 Å². The number of nitrogens with zero attached hydrogens (tertiary/aromatic N) is 3. The number of aromatic amines is 1. The molecule has 0 saturated heterocycles. The van der Waals surface area contributed by atoms with Crippen LogP contribution in [0.15, 0.2) is 52.4 Å². The first-order valence-corrected chi connectivity index (χ1v) is 10.3. The number of rotatable bonds is 7. The minimum atomic E-state index is -0.460. The fourth-order valence-corrected chi connectivity index (χ4v) is 3.13. The highest BCUT2D eigenvalue weighted by molar-refractivity contribution is 7.71. The Balaban J connectivity index is 1.95. The van der Waals surface area contributed by atoms with Gasteiger partial charge in [0.05, 0.1) is 20.4 Å². The lowest BCUT2D eigenvalue weighted by Crippen LogP contribution is -2.32. The zero-order chi connectivity index (χ0) is 23.3. The summed E-state index contributed by atoms with van der Waals surface area (Å²) in [6, 6.07) is 13.3. The van der Waals surface area contributed by atoms with Gasteiger partial charge in [-0.25, -0.2) is 0 Å². The van der Waals surface area contributed by atoms with Crippen molar-refractivity contribution < 1.29 is 14.2 Å². The highest BCUT2D eigenvalue weighted by Crippen LogP contribution is 2.38. The standard InChI is InChI=1S/C23H26N4O4S/c1-23(2,3)20-21(28)27(22(32)26-25-20)24-13-16-11-17(29-4)19(18(12-16)30-5)31-14-15-9-7-6-8-10-15/h6-13H,14H2,1-5H3,(H,26,32)/b24-13-. The second-order valence-electron chi connectivity index (χ2n) is 8.02. The molecule has 2 aromatic carbocycles. The highest BCUT2D eigenvalue weighted by Gasteiger charge is 2.21. The summed E-state index contributed by atoms with van der Waals surface area (Å²) in [5.41, 5.74) is 1.16. The average molecular weight is 455 g/mol. The Bertz CT molecular complexity index is 1200. The van der Waals surface area contributed by atoms with Crippen molar-refractivity contribution in [3.8, 4) is 17.2 Å². The van der Waals surface area contributed by atoms with Gasteiger partial charge in [-0.3, -0.25) is 9.89 Å². The summed E-state index contributed by atoms with van der Waals surface area (Å²) in [5.74, 6) is 1.43. The molecule has 0 aliphatic carbocycles. The molecule has 0 amide bonds. The van der Waals surface area contributed by atoms with Gasteiger partial charge in [-0.15, -0.1) is 0 Å². The Morgan fingerprint density at radius 2 is 1.75 bits per heavy atom. The summed E-state index contributed by atoms with van der Waals surface area (Å²) in [5, 5.41) is 11.0. The first-order valence-electron chi connectivity index (χ1n) is 9.94. The van der Waals surface area contributed by atoms with Gasteiger partial charge in [0, 0.05) is 11.0 Å². The van der Waals surface area contributed by atoms with E-state index in [1.807, 2.05) is 51.1 Å². The van der Waals surface area contributed by atoms with Gasteiger partial charge in [0.1, 0.15) is 12.3 Å². The third-order valence-electron chi connectivity index (χ3n) is 4.59. The molecule has 0 fully saturated rings. The molecule has 3 aromatic rings. The van der Waals surface area contributed by atoms with Crippen molar-refractivity contribution in [2.24, 2.45) is 5.10 Å². The van der Waals surface area contributed by atoms with Crippen LogP contribution in [0, 0.1) is 4.77 Å². The number of benzene rings is 2. The summed E-state index contributed by atoms with van der Waals surface area (Å²) in [4.78, 5) is 12.8. The quantitative estimate of drug-likeness (QED) is 0.427. The number of hydrogen-bond donors (Lipinski definition) is 1. The van der Waals surface area contributed by atoms with Crippen LogP contribution in [-0.4, -0.2) is 35.3 Å². The van der Waals surface area contributed by atoms with Crippen LogP contribution < -0.4 is 19.8 Å². The van der Waals surface area contributed by atoms with E-state index in [1.165, 1.54) is 6.21 Å². The Hall–Kier alpha value is -3.46. The molecular weight excluding hydrogens is 428 g/mol. The number of aromatic nitrogens is 3. The van der Waals surface area contributed by atoms with Crippen molar-refractivity contribution in [3.63, 3.8) is 0 Å². The summed E-state index contributed by atoms with van der Waals surface area (Å²) in [7, 11) is 3.09. The molecule has 0 aliphatic rings. The maximum atomic E-state index is 12.8. The van der Waals surface area contributed by atoms with E-state index in [2.05, 4.69) is 15.3 Å². The van der Waals surface area contributed by atoms with Gasteiger partial charge >= 0.3 is 0 Å². The van der Waals surface area contributed by atoms with Gasteiger partial charge in [0.15, 0.2) is 11.5 Å². The first-order chi connectivity index (χ1) is 15.2. The smallest absolute Gasteiger partial charge is 0.297 e. The number of methoxy groups -OCH3 is 2. The largest absolute Gasteiger partial charge is 0.493 e. The molecule has 168 valence electrons. The first kappa shape index (κ1) is 23.2. The van der Waals surface area contributed by atoms with Gasteiger partial charge in [0.25, 0.3) is 5.56 Å². The molecule has 1 heterocycles. The van der Waals surface area contributed by atoms with Crippen molar-refractivity contribution in [2.45, 2.75) is 32.8 Å². The van der Waals surface area contributed by atoms with E-state index in [1.54, 1.807) is 26.4 Å². The molecule has 0 bridgehead atoms. The maximum absolute atomic E-state index is 12.8. The molecule has 8 nitrogen and oxygen atoms in total. The summed E-state index contributed by atoms with van der Waals surface area (Å²) in [6.07, 6.45) is 1.50. The van der Waals surface area contributed by atoms with E-state index < -0.39 is 5.41 Å². The second-order valence-corrected chi connectivity index (χ2v) is 8.40. The lowest BCUT2D eigenvalue weighted by molar-refractivity contribution is 0.266. The minimum absolute atomic E-state index is 0.0981. The molecule has 0 spiro atoms. The number of hydrogen-bond acceptors (Lipinski definition) is 7. The number of H-pyrrole nitrogens is 1. The van der Waals surface area contributed by atoms with Gasteiger partial charge in [-0.05, 0) is 29.9 Å². The molecule has 32 heavy (non-hydrogen) atoms. The predicted molar refractivity (Wildman–Crippen MR) is 126 cm³/mol. The molecule has 3 rings (SSSR count). The van der Waals surface area contributed by atoms with Crippen LogP contribution in [0.4, 0.5) is 0 Å². The maximum Gasteiger partial charge on any atom is 0.297 e. The van der Waals surface area contributed by atoms with Gasteiger partial charge in [0.2, 0.25) is 10.5 Å². The molecule has 0 atom stereocenters. The molecular formula is C23H26N4O4S. The molecule has 0 saturated carbocycles. The zero-order valence-electron chi connectivity index (χ0n) is 18.7. The van der Waals surface area contributed by atoms with E-state index in [4.69, 9.17) is 26.4 Å². The second kappa shape index (κ2) is 9.78. The van der Waals surface area contributed by atoms with Crippen LogP contribution in [0.25, 0.3) is 0 Å². The fraction of sp³-hybridized carbons (Fsp3) is 0.304. The lowest BCUT2D eigenvalue weighted by Gasteiger charge is -2.16. The van der Waals surface area contributed by atoms with E-state index in [0.29, 0.717) is 35.1 Å². The van der Waals surface area contributed by atoms with Crippen LogP contribution in [0.1, 0.15) is 37.6 Å². The Morgan fingerprint density at radius 3 is 2.31 bits per heavy atom. The molecule has 1 aromatic heterocycles. The zero-order valence-corrected chi connectivity index (χ0v) is 19.5. The normalized spacial score (nSPS) is 11.5. The van der Waals surface area contributed by atoms with E-state index in [9.17, 15) is 4.79 Å². The van der Waals surface area contributed by atoms with Crippen LogP contribution in [0.5, 0.6) is 17.2 Å². The SMILES string of the molecule is COc1cc(/C=N\n2c(=S)[nH]nc(C(C)(C)C)c2=O)cc(OC)c1OCc1ccccc1. The third-order valence-corrected chi connectivity index (χ3v) is 4.86. The predicted octanol–water partition coefficient (Wildman–Crippen LogP) is 4.08. The molecule has 0 unspecified atom stereocenters. The van der Waals surface area contributed by atoms with E-state index in [0.717, 1.165) is 10.2 Å². The summed E-state index contributed by atoms with van der Waals surface area (Å²) >= 11 is 5.20. The Morgan fingerprint density at radius 1 is 1.12 bits per heavy atom. The van der Waals surface area contributed by atoms with Crippen molar-refractivity contribution in [2.75, 3.05) is 14.2 Å². The monoisotopic (exact) mass is 454 g/mol. The van der Waals surface area contributed by atoms with Crippen molar-refractivity contribution in [1.82, 2.24) is 14.9 Å². The average Bonchev–Trinajstić information content (AvgIpc) is 2.77. The van der Waals surface area contributed by atoms with E-state index >= 15 is 0 Å². The van der Waals surface area contributed by atoms with Crippen molar-refractivity contribution in [3.05, 3.63) is 74.4 Å². The Kier molecular flexibility index (Phi) is 7.09. The van der Waals surface area contributed by atoms with Crippen LogP contribution in [0.2, 0.25) is 0 Å². The van der Waals surface area contributed by atoms with Gasteiger partial charge < -0.3 is 14.2 Å². The van der Waals surface area contributed by atoms with Gasteiger partial charge in [-0.1, -0.05) is 51.1 Å².